The second-order valence-electron chi connectivity index (χ2n) is 4.54. The van der Waals surface area contributed by atoms with Gasteiger partial charge in [0.2, 0.25) is 0 Å². The van der Waals surface area contributed by atoms with Crippen molar-refractivity contribution in [2.24, 2.45) is 6.66 Å². The summed E-state index contributed by atoms with van der Waals surface area (Å²) < 4.78 is 0. The minimum Gasteiger partial charge on any atom is -0.143 e. The largest absolute Gasteiger partial charge is 0.143 e. The fourth-order valence-electron chi connectivity index (χ4n) is 2.28. The van der Waals surface area contributed by atoms with E-state index in [0.29, 0.717) is 0 Å². The number of hydrogen-bond acceptors (Lipinski definition) is 2. The third-order valence-electron chi connectivity index (χ3n) is 3.29. The van der Waals surface area contributed by atoms with Crippen molar-refractivity contribution in [1.82, 2.24) is 0 Å². The zero-order valence-electron chi connectivity index (χ0n) is 10.7. The van der Waals surface area contributed by atoms with Crippen LogP contribution in [-0.4, -0.2) is 0 Å². The van der Waals surface area contributed by atoms with Crippen LogP contribution in [0.4, 0.5) is 0 Å². The summed E-state index contributed by atoms with van der Waals surface area (Å²) in [5.41, 5.74) is 2.95. The topological polar surface area (TPSA) is 0 Å². The molecule has 0 N–H and O–H groups in total. The van der Waals surface area contributed by atoms with Gasteiger partial charge in [0.1, 0.15) is 0 Å². The highest BCUT2D eigenvalue weighted by molar-refractivity contribution is 7.51. The summed E-state index contributed by atoms with van der Waals surface area (Å²) in [5.74, 6) is 2.44. The van der Waals surface area contributed by atoms with Crippen molar-refractivity contribution in [3.05, 3.63) is 46.6 Å². The molecule has 3 heteroatoms. The molecule has 0 spiro atoms. The molecular weight excluding hydrogens is 275 g/mol. The Morgan fingerprint density at radius 1 is 1.00 bits per heavy atom. The van der Waals surface area contributed by atoms with Gasteiger partial charge in [-0.25, -0.2) is 0 Å². The van der Waals surface area contributed by atoms with Gasteiger partial charge in [0.05, 0.1) is 0 Å². The van der Waals surface area contributed by atoms with Crippen LogP contribution in [0.5, 0.6) is 0 Å². The minimum atomic E-state index is -0.0962. The second-order valence-corrected chi connectivity index (χ2v) is 8.50. The van der Waals surface area contributed by atoms with E-state index in [9.17, 15) is 0 Å². The quantitative estimate of drug-likeness (QED) is 0.520. The molecule has 18 heavy (non-hydrogen) atoms. The molecule has 3 heterocycles. The normalized spacial score (nSPS) is 12.1. The number of hydrogen-bond donors (Lipinski definition) is 0. The van der Waals surface area contributed by atoms with E-state index in [0.717, 1.165) is 0 Å². The van der Waals surface area contributed by atoms with Crippen molar-refractivity contribution < 1.29 is 0 Å². The minimum absolute atomic E-state index is 0.0962. The lowest BCUT2D eigenvalue weighted by Gasteiger charge is -2.00. The molecule has 0 aliphatic heterocycles. The Bertz CT molecular complexity index is 671. The molecule has 0 saturated heterocycles. The molecule has 0 nitrogen and oxygen atoms in total. The molecule has 0 aliphatic rings. The Hall–Kier alpha value is -0.820. The molecule has 1 atom stereocenters. The van der Waals surface area contributed by atoms with Crippen LogP contribution in [0.25, 0.3) is 19.9 Å². The highest BCUT2D eigenvalue weighted by atomic mass is 32.1. The first-order valence-electron chi connectivity index (χ1n) is 5.93. The number of aryl methyl sites for hydroxylation is 2. The highest BCUT2D eigenvalue weighted by Crippen LogP contribution is 2.48. The predicted octanol–water partition coefficient (Wildman–Crippen LogP) is 6.28. The molecule has 92 valence electrons. The molecule has 0 bridgehead atoms. The number of rotatable bonds is 2. The molecule has 3 aromatic rings. The average Bonchev–Trinajstić information content (AvgIpc) is 3.01. The van der Waals surface area contributed by atoms with E-state index in [1.165, 1.54) is 25.8 Å². The molecule has 0 saturated carbocycles. The standard InChI is InChI=1S/C15H15PS2/c1-10-9-16(3)15(11(10)2)14-7-6-13(18-14)12-5-4-8-17-12/h4-9H,1-3H3. The van der Waals surface area contributed by atoms with Gasteiger partial charge in [0.25, 0.3) is 0 Å². The Labute approximate surface area is 117 Å². The van der Waals surface area contributed by atoms with Crippen LogP contribution >= 0.6 is 30.2 Å². The summed E-state index contributed by atoms with van der Waals surface area (Å²) >= 11 is 3.75. The summed E-state index contributed by atoms with van der Waals surface area (Å²) in [6.45, 7) is 6.85. The van der Waals surface area contributed by atoms with Crippen LogP contribution in [-0.2, 0) is 6.66 Å². The summed E-state index contributed by atoms with van der Waals surface area (Å²) in [6.07, 6.45) is 0. The number of thiophene rings is 2. The third-order valence-corrected chi connectivity index (χ3v) is 7.67. The van der Waals surface area contributed by atoms with E-state index in [-0.39, 0.29) is 7.53 Å². The lowest BCUT2D eigenvalue weighted by atomic mass is 10.2. The molecule has 0 radical (unpaired) electrons. The van der Waals surface area contributed by atoms with Gasteiger partial charge in [0, 0.05) is 19.9 Å². The van der Waals surface area contributed by atoms with Gasteiger partial charge in [-0.2, -0.15) is 0 Å². The molecular formula is C15H15PS2. The van der Waals surface area contributed by atoms with Crippen molar-refractivity contribution in [1.29, 1.82) is 0 Å². The summed E-state index contributed by atoms with van der Waals surface area (Å²) in [6, 6.07) is 8.89. The molecule has 0 aromatic carbocycles. The third kappa shape index (κ3) is 1.99. The first-order valence-corrected chi connectivity index (χ1v) is 9.49. The Morgan fingerprint density at radius 2 is 1.78 bits per heavy atom. The van der Waals surface area contributed by atoms with Gasteiger partial charge >= 0.3 is 0 Å². The van der Waals surface area contributed by atoms with Crippen LogP contribution < -0.4 is 0 Å². The Morgan fingerprint density at radius 3 is 2.39 bits per heavy atom. The average molecular weight is 290 g/mol. The smallest absolute Gasteiger partial charge is 0.0449 e. The fourth-order valence-corrected chi connectivity index (χ4v) is 6.72. The zero-order chi connectivity index (χ0) is 12.7. The molecule has 3 aromatic heterocycles. The summed E-state index contributed by atoms with van der Waals surface area (Å²) in [5, 5.41) is 3.73. The van der Waals surface area contributed by atoms with Gasteiger partial charge in [0.15, 0.2) is 0 Å². The van der Waals surface area contributed by atoms with Crippen molar-refractivity contribution >= 4 is 30.2 Å². The molecule has 3 rings (SSSR count). The van der Waals surface area contributed by atoms with Crippen molar-refractivity contribution in [3.8, 4) is 19.9 Å². The molecule has 0 amide bonds. The predicted molar refractivity (Wildman–Crippen MR) is 86.2 cm³/mol. The summed E-state index contributed by atoms with van der Waals surface area (Å²) in [4.78, 5) is 4.23. The van der Waals surface area contributed by atoms with Crippen LogP contribution in [0.15, 0.2) is 35.4 Å². The molecule has 0 aliphatic carbocycles. The highest BCUT2D eigenvalue weighted by Gasteiger charge is 2.12. The second kappa shape index (κ2) is 4.70. The van der Waals surface area contributed by atoms with Crippen molar-refractivity contribution in [2.75, 3.05) is 0 Å². The fraction of sp³-hybridized carbons (Fsp3) is 0.200. The molecule has 0 fully saturated rings. The van der Waals surface area contributed by atoms with Crippen LogP contribution in [0.2, 0.25) is 0 Å². The van der Waals surface area contributed by atoms with E-state index in [1.54, 1.807) is 5.30 Å². The Balaban J connectivity index is 2.08. The van der Waals surface area contributed by atoms with Gasteiger partial charge in [-0.15, -0.1) is 30.2 Å². The summed E-state index contributed by atoms with van der Waals surface area (Å²) in [7, 11) is -0.0962. The van der Waals surface area contributed by atoms with E-state index in [2.05, 4.69) is 56.0 Å². The van der Waals surface area contributed by atoms with Gasteiger partial charge in [-0.1, -0.05) is 6.07 Å². The monoisotopic (exact) mass is 290 g/mol. The van der Waals surface area contributed by atoms with Crippen molar-refractivity contribution in [2.45, 2.75) is 13.8 Å². The van der Waals surface area contributed by atoms with Crippen molar-refractivity contribution in [3.63, 3.8) is 0 Å². The van der Waals surface area contributed by atoms with Gasteiger partial charge in [-0.05, 0) is 61.0 Å². The van der Waals surface area contributed by atoms with Gasteiger partial charge in [-0.3, -0.25) is 0 Å². The zero-order valence-corrected chi connectivity index (χ0v) is 13.3. The maximum Gasteiger partial charge on any atom is 0.0449 e. The van der Waals surface area contributed by atoms with Gasteiger partial charge < -0.3 is 0 Å². The SMILES string of the molecule is Cc1cp(C)c(-c2ccc(-c3cccs3)s2)c1C. The lowest BCUT2D eigenvalue weighted by Crippen LogP contribution is -1.73. The molecule has 1 unspecified atom stereocenters. The van der Waals surface area contributed by atoms with Crippen LogP contribution in [0.3, 0.4) is 0 Å². The Kier molecular flexibility index (Phi) is 3.19. The van der Waals surface area contributed by atoms with Crippen LogP contribution in [0.1, 0.15) is 11.1 Å². The first-order chi connectivity index (χ1) is 8.66. The van der Waals surface area contributed by atoms with E-state index < -0.39 is 0 Å². The van der Waals surface area contributed by atoms with E-state index >= 15 is 0 Å². The first kappa shape index (κ1) is 12.2. The van der Waals surface area contributed by atoms with E-state index in [1.807, 2.05) is 22.7 Å². The lowest BCUT2D eigenvalue weighted by molar-refractivity contribution is 1.41. The van der Waals surface area contributed by atoms with E-state index in [4.69, 9.17) is 0 Å². The maximum absolute atomic E-state index is 2.44. The maximum atomic E-state index is 2.44. The van der Waals surface area contributed by atoms with Crippen LogP contribution in [0, 0.1) is 13.8 Å².